The lowest BCUT2D eigenvalue weighted by molar-refractivity contribution is -0.185. The molecule has 0 unspecified atom stereocenters. The van der Waals surface area contributed by atoms with Crippen molar-refractivity contribution in [1.82, 2.24) is 4.90 Å². The Kier molecular flexibility index (Phi) is 8.31. The molecule has 0 heterocycles. The van der Waals surface area contributed by atoms with Crippen LogP contribution in [-0.4, -0.2) is 44.7 Å². The topological polar surface area (TPSA) is 38.8 Å². The van der Waals surface area contributed by atoms with E-state index in [1.165, 1.54) is 6.08 Å². The van der Waals surface area contributed by atoms with Gasteiger partial charge in [-0.3, -0.25) is 4.90 Å². The second-order valence-corrected chi connectivity index (χ2v) is 12.9. The SMILES string of the molecule is C=CCN(C(=O)OCc1ccccc1)[C@H](CO[Si](C)(C)C(C)(C)C)C(F)(F)F. The average Bonchev–Trinajstić information content (AvgIpc) is 2.57. The van der Waals surface area contributed by atoms with Crippen molar-refractivity contribution in [3.05, 3.63) is 48.6 Å². The fraction of sp³-hybridized carbons (Fsp3) is 0.550. The van der Waals surface area contributed by atoms with Crippen LogP contribution in [0.25, 0.3) is 0 Å². The number of rotatable bonds is 8. The second kappa shape index (κ2) is 9.60. The highest BCUT2D eigenvalue weighted by Crippen LogP contribution is 2.37. The second-order valence-electron chi connectivity index (χ2n) is 8.11. The van der Waals surface area contributed by atoms with E-state index < -0.39 is 33.2 Å². The van der Waals surface area contributed by atoms with Crippen molar-refractivity contribution in [2.75, 3.05) is 13.2 Å². The van der Waals surface area contributed by atoms with Crippen LogP contribution in [0.2, 0.25) is 18.1 Å². The monoisotopic (exact) mass is 417 g/mol. The van der Waals surface area contributed by atoms with Crippen LogP contribution in [0.4, 0.5) is 18.0 Å². The molecule has 0 saturated heterocycles. The van der Waals surface area contributed by atoms with E-state index in [1.54, 1.807) is 30.3 Å². The Labute approximate surface area is 166 Å². The fourth-order valence-electron chi connectivity index (χ4n) is 2.14. The summed E-state index contributed by atoms with van der Waals surface area (Å²) in [7, 11) is -2.43. The van der Waals surface area contributed by atoms with E-state index in [0.29, 0.717) is 10.5 Å². The average molecular weight is 418 g/mol. The summed E-state index contributed by atoms with van der Waals surface area (Å²) >= 11 is 0. The molecule has 1 amide bonds. The zero-order valence-corrected chi connectivity index (χ0v) is 18.2. The molecule has 1 atom stereocenters. The first-order chi connectivity index (χ1) is 12.8. The summed E-state index contributed by atoms with van der Waals surface area (Å²) in [5.41, 5.74) is 0.690. The van der Waals surface area contributed by atoms with Crippen LogP contribution in [0.15, 0.2) is 43.0 Å². The maximum Gasteiger partial charge on any atom is 0.411 e. The molecule has 4 nitrogen and oxygen atoms in total. The molecule has 0 aliphatic rings. The van der Waals surface area contributed by atoms with Crippen molar-refractivity contribution >= 4 is 14.4 Å². The first-order valence-electron chi connectivity index (χ1n) is 9.08. The largest absolute Gasteiger partial charge is 0.445 e. The van der Waals surface area contributed by atoms with Crippen molar-refractivity contribution in [3.8, 4) is 0 Å². The maximum absolute atomic E-state index is 13.7. The molecule has 1 rings (SSSR count). The molecule has 158 valence electrons. The van der Waals surface area contributed by atoms with Gasteiger partial charge in [-0.2, -0.15) is 13.2 Å². The van der Waals surface area contributed by atoms with Crippen LogP contribution in [0.5, 0.6) is 0 Å². The molecular formula is C20H30F3NO3Si. The predicted molar refractivity (Wildman–Crippen MR) is 107 cm³/mol. The molecule has 8 heteroatoms. The van der Waals surface area contributed by atoms with Crippen molar-refractivity contribution in [1.29, 1.82) is 0 Å². The number of carbonyl (C=O) groups is 1. The molecule has 1 aromatic carbocycles. The van der Waals surface area contributed by atoms with Gasteiger partial charge in [0.05, 0.1) is 6.61 Å². The van der Waals surface area contributed by atoms with E-state index in [9.17, 15) is 18.0 Å². The third-order valence-corrected chi connectivity index (χ3v) is 9.43. The Morgan fingerprint density at radius 1 is 1.21 bits per heavy atom. The van der Waals surface area contributed by atoms with Gasteiger partial charge in [-0.05, 0) is 23.7 Å². The van der Waals surface area contributed by atoms with Gasteiger partial charge in [0.25, 0.3) is 0 Å². The van der Waals surface area contributed by atoms with Gasteiger partial charge in [-0.25, -0.2) is 4.79 Å². The predicted octanol–water partition coefficient (Wildman–Crippen LogP) is 5.76. The molecule has 0 saturated carbocycles. The number of alkyl halides is 3. The molecule has 28 heavy (non-hydrogen) atoms. The van der Waals surface area contributed by atoms with E-state index in [2.05, 4.69) is 6.58 Å². The highest BCUT2D eigenvalue weighted by molar-refractivity contribution is 6.74. The molecule has 0 bridgehead atoms. The van der Waals surface area contributed by atoms with Gasteiger partial charge in [0, 0.05) is 6.54 Å². The zero-order chi connectivity index (χ0) is 21.6. The normalized spacial score (nSPS) is 13.7. The molecule has 0 fully saturated rings. The Hall–Kier alpha value is -1.80. The Morgan fingerprint density at radius 2 is 1.79 bits per heavy atom. The number of halogens is 3. The highest BCUT2D eigenvalue weighted by Gasteiger charge is 2.48. The lowest BCUT2D eigenvalue weighted by atomic mass is 10.2. The van der Waals surface area contributed by atoms with Crippen molar-refractivity contribution in [3.63, 3.8) is 0 Å². The number of hydrogen-bond donors (Lipinski definition) is 0. The molecule has 1 aromatic rings. The minimum absolute atomic E-state index is 0.110. The lowest BCUT2D eigenvalue weighted by Gasteiger charge is -2.39. The van der Waals surface area contributed by atoms with Gasteiger partial charge in [0.15, 0.2) is 14.4 Å². The molecule has 0 N–H and O–H groups in total. The van der Waals surface area contributed by atoms with Crippen LogP contribution < -0.4 is 0 Å². The number of ether oxygens (including phenoxy) is 1. The van der Waals surface area contributed by atoms with Crippen LogP contribution in [0, 0.1) is 0 Å². The summed E-state index contributed by atoms with van der Waals surface area (Å²) in [5, 5.41) is -0.250. The number of amides is 1. The Balaban J connectivity index is 2.95. The molecule has 0 aliphatic carbocycles. The molecular weight excluding hydrogens is 387 g/mol. The summed E-state index contributed by atoms with van der Waals surface area (Å²) in [4.78, 5) is 13.1. The van der Waals surface area contributed by atoms with Gasteiger partial charge in [-0.15, -0.1) is 6.58 Å². The minimum atomic E-state index is -4.66. The summed E-state index contributed by atoms with van der Waals surface area (Å²) in [6, 6.07) is 6.67. The molecule has 0 aliphatic heterocycles. The third kappa shape index (κ3) is 6.98. The summed E-state index contributed by atoms with van der Waals surface area (Å²) in [5.74, 6) is 0. The summed E-state index contributed by atoms with van der Waals surface area (Å²) in [6.07, 6.45) is -4.46. The molecule has 0 radical (unpaired) electrons. The van der Waals surface area contributed by atoms with Gasteiger partial charge in [0.2, 0.25) is 0 Å². The summed E-state index contributed by atoms with van der Waals surface area (Å²) in [6.45, 7) is 12.0. The quantitative estimate of drug-likeness (QED) is 0.398. The van der Waals surface area contributed by atoms with Crippen molar-refractivity contribution in [2.45, 2.75) is 57.7 Å². The van der Waals surface area contributed by atoms with E-state index >= 15 is 0 Å². The number of carbonyl (C=O) groups excluding carboxylic acids is 1. The molecule has 0 aromatic heterocycles. The first-order valence-corrected chi connectivity index (χ1v) is 12.0. The van der Waals surface area contributed by atoms with Gasteiger partial charge in [0.1, 0.15) is 6.61 Å². The lowest BCUT2D eigenvalue weighted by Crippen LogP contribution is -2.54. The van der Waals surface area contributed by atoms with Gasteiger partial charge < -0.3 is 9.16 Å². The van der Waals surface area contributed by atoms with E-state index in [0.717, 1.165) is 0 Å². The minimum Gasteiger partial charge on any atom is -0.445 e. The number of hydrogen-bond acceptors (Lipinski definition) is 3. The zero-order valence-electron chi connectivity index (χ0n) is 17.2. The van der Waals surface area contributed by atoms with E-state index in [1.807, 2.05) is 33.9 Å². The van der Waals surface area contributed by atoms with Crippen molar-refractivity contribution < 1.29 is 27.1 Å². The smallest absolute Gasteiger partial charge is 0.411 e. The van der Waals surface area contributed by atoms with Crippen LogP contribution >= 0.6 is 0 Å². The van der Waals surface area contributed by atoms with Gasteiger partial charge in [-0.1, -0.05) is 57.2 Å². The fourth-order valence-corrected chi connectivity index (χ4v) is 3.14. The maximum atomic E-state index is 13.7. The standard InChI is InChI=1S/C20H30F3NO3Si/c1-7-13-24(18(25)26-14-16-11-9-8-10-12-16)17(20(21,22)23)15-27-28(5,6)19(2,3)4/h7-12,17H,1,13-15H2,2-6H3/t17-/m1/s1. The summed E-state index contributed by atoms with van der Waals surface area (Å²) < 4.78 is 52.1. The van der Waals surface area contributed by atoms with Gasteiger partial charge >= 0.3 is 12.3 Å². The number of nitrogens with zero attached hydrogens (tertiary/aromatic N) is 1. The number of benzene rings is 1. The highest BCUT2D eigenvalue weighted by atomic mass is 28.4. The third-order valence-electron chi connectivity index (χ3n) is 4.93. The van der Waals surface area contributed by atoms with E-state index in [4.69, 9.17) is 9.16 Å². The van der Waals surface area contributed by atoms with Crippen LogP contribution in [0.3, 0.4) is 0 Å². The Morgan fingerprint density at radius 3 is 2.25 bits per heavy atom. The van der Waals surface area contributed by atoms with Crippen LogP contribution in [-0.2, 0) is 15.8 Å². The van der Waals surface area contributed by atoms with Crippen LogP contribution in [0.1, 0.15) is 26.3 Å². The first kappa shape index (κ1) is 24.2. The van der Waals surface area contributed by atoms with E-state index in [-0.39, 0.29) is 18.2 Å². The Bertz CT molecular complexity index is 642. The molecule has 0 spiro atoms. The van der Waals surface area contributed by atoms with Crippen molar-refractivity contribution in [2.24, 2.45) is 0 Å².